The highest BCUT2D eigenvalue weighted by Gasteiger charge is 2.49. The average Bonchev–Trinajstić information content (AvgIpc) is 0.833. The summed E-state index contributed by atoms with van der Waals surface area (Å²) in [6.07, 6.45) is 9.62. The monoisotopic (exact) mass is 1380 g/mol. The maximum atomic E-state index is 12.2. The molecule has 8 unspecified atom stereocenters. The Kier molecular flexibility index (Phi) is 49.5. The Morgan fingerprint density at radius 2 is 0.510 bits per heavy atom. The highest BCUT2D eigenvalue weighted by atomic mass is 16.5. The van der Waals surface area contributed by atoms with Crippen LogP contribution in [0.25, 0.3) is 0 Å². The van der Waals surface area contributed by atoms with E-state index in [9.17, 15) is 80.5 Å². The van der Waals surface area contributed by atoms with Crippen molar-refractivity contribution in [1.82, 2.24) is 21.3 Å². The quantitative estimate of drug-likeness (QED) is 0.0392. The summed E-state index contributed by atoms with van der Waals surface area (Å²) >= 11 is 0. The summed E-state index contributed by atoms with van der Waals surface area (Å²) in [5, 5.41) is 138. The van der Waals surface area contributed by atoms with Crippen LogP contribution in [0.15, 0.2) is 0 Å². The molecule has 0 radical (unpaired) electrons. The van der Waals surface area contributed by atoms with Gasteiger partial charge < -0.3 is 112 Å². The van der Waals surface area contributed by atoms with E-state index in [-0.39, 0.29) is 80.3 Å². The van der Waals surface area contributed by atoms with Gasteiger partial charge in [0.2, 0.25) is 23.6 Å². The number of aliphatic hydroxyl groups is 13. The van der Waals surface area contributed by atoms with Crippen molar-refractivity contribution in [1.29, 1.82) is 0 Å². The van der Waals surface area contributed by atoms with Crippen molar-refractivity contribution in [3.63, 3.8) is 0 Å². The van der Waals surface area contributed by atoms with Crippen molar-refractivity contribution in [3.05, 3.63) is 0 Å². The molecule has 20 atom stereocenters. The largest absolute Gasteiger partial charge is 0.396 e. The van der Waals surface area contributed by atoms with Gasteiger partial charge in [-0.25, -0.2) is 0 Å². The fourth-order valence-corrected chi connectivity index (χ4v) is 12.6. The molecular formula is C70H137N5O21. The second kappa shape index (κ2) is 52.2. The van der Waals surface area contributed by atoms with Gasteiger partial charge in [0.25, 0.3) is 0 Å². The van der Waals surface area contributed by atoms with E-state index in [1.807, 2.05) is 55.4 Å². The number of aliphatic hydroxyl groups excluding tert-OH is 13. The van der Waals surface area contributed by atoms with Gasteiger partial charge in [0, 0.05) is 32.3 Å². The van der Waals surface area contributed by atoms with Crippen LogP contribution in [0.5, 0.6) is 0 Å². The van der Waals surface area contributed by atoms with E-state index in [4.69, 9.17) is 29.8 Å². The van der Waals surface area contributed by atoms with Gasteiger partial charge in [-0.2, -0.15) is 0 Å². The molecule has 0 aliphatic carbocycles. The van der Waals surface area contributed by atoms with Crippen LogP contribution in [0.4, 0.5) is 0 Å². The summed E-state index contributed by atoms with van der Waals surface area (Å²) in [7, 11) is 0. The molecule has 4 heterocycles. The molecular weight excluding hydrogens is 1250 g/mol. The van der Waals surface area contributed by atoms with E-state index in [1.165, 1.54) is 32.1 Å². The van der Waals surface area contributed by atoms with Gasteiger partial charge in [-0.05, 0) is 68.7 Å². The van der Waals surface area contributed by atoms with E-state index < -0.39 is 122 Å². The zero-order chi connectivity index (χ0) is 72.5. The first-order valence-electron chi connectivity index (χ1n) is 36.7. The van der Waals surface area contributed by atoms with Crippen molar-refractivity contribution < 1.29 is 105 Å². The minimum absolute atomic E-state index is 0.0185. The standard InChI is InChI=1S/C19H37NO5.C17H34N2O5.C17H33NO6.C17H33NO5/c1-4-5-6-7-8-9-10-11-15(22)20-16-18(24)17(23)14(12-21)25-19(16)13(2)3;1-11(2)17-14(16(23)15(22)12(10-20)24-17)19-13(21)8-6-4-3-5-7-9-18;1-11(2)17-14(16(23)15(22)12(10-20)24-17)18-13(21)8-6-4-3-5-7-9-19;1-4-5-6-7-8-9-13(20)18-14-16(22)15(21)12(10-19)23-17(14)11(2)3/h13-14,16-19,21,23-24H,4-12H2,1-3H3,(H,20,22);11-12,14-17,20,22-23H,3-10,18H2,1-2H3,(H,19,21);11-12,14-17,19-20,22-23H,3-10H2,1-2H3,(H,18,21);11-12,14-17,19,21-22H,4-10H2,1-3H3,(H,18,20)/t14?,16?,17-,18-,19+;3*12?,14?,15-,16-,17+/m1111/s1. The van der Waals surface area contributed by atoms with E-state index in [2.05, 4.69) is 35.1 Å². The predicted octanol–water partition coefficient (Wildman–Crippen LogP) is 2.57. The minimum atomic E-state index is -1.23. The van der Waals surface area contributed by atoms with Gasteiger partial charge >= 0.3 is 0 Å². The molecule has 0 aromatic carbocycles. The van der Waals surface area contributed by atoms with Crippen molar-refractivity contribution >= 4 is 23.6 Å². The van der Waals surface area contributed by atoms with Gasteiger partial charge in [-0.3, -0.25) is 19.2 Å². The zero-order valence-corrected chi connectivity index (χ0v) is 60.1. The number of unbranched alkanes of at least 4 members (excludes halogenated alkanes) is 18. The molecule has 26 nitrogen and oxygen atoms in total. The maximum absolute atomic E-state index is 12.2. The smallest absolute Gasteiger partial charge is 0.220 e. The van der Waals surface area contributed by atoms with Crippen molar-refractivity contribution in [2.24, 2.45) is 29.4 Å². The van der Waals surface area contributed by atoms with E-state index in [0.717, 1.165) is 109 Å². The van der Waals surface area contributed by atoms with Crippen molar-refractivity contribution in [2.45, 2.75) is 358 Å². The third-order valence-electron chi connectivity index (χ3n) is 18.5. The Morgan fingerprint density at radius 3 is 0.698 bits per heavy atom. The van der Waals surface area contributed by atoms with Gasteiger partial charge in [-0.1, -0.05) is 172 Å². The molecule has 26 heteroatoms. The number of hydrogen-bond acceptors (Lipinski definition) is 22. The van der Waals surface area contributed by atoms with Crippen LogP contribution in [-0.2, 0) is 38.1 Å². The van der Waals surface area contributed by atoms with Crippen LogP contribution in [0.3, 0.4) is 0 Å². The second-order valence-corrected chi connectivity index (χ2v) is 28.1. The summed E-state index contributed by atoms with van der Waals surface area (Å²) in [4.78, 5) is 48.6. The van der Waals surface area contributed by atoms with E-state index in [0.29, 0.717) is 32.2 Å². The molecule has 4 rings (SSSR count). The summed E-state index contributed by atoms with van der Waals surface area (Å²) in [6, 6.07) is -2.68. The number of carbonyl (C=O) groups excluding carboxylic acids is 4. The van der Waals surface area contributed by atoms with Crippen LogP contribution in [-0.4, -0.2) is 251 Å². The van der Waals surface area contributed by atoms with Crippen molar-refractivity contribution in [2.75, 3.05) is 39.6 Å². The third-order valence-corrected chi connectivity index (χ3v) is 18.5. The highest BCUT2D eigenvalue weighted by Crippen LogP contribution is 2.30. The molecule has 19 N–H and O–H groups in total. The molecule has 96 heavy (non-hydrogen) atoms. The molecule has 568 valence electrons. The van der Waals surface area contributed by atoms with Gasteiger partial charge in [-0.15, -0.1) is 0 Å². The third kappa shape index (κ3) is 33.3. The van der Waals surface area contributed by atoms with Gasteiger partial charge in [0.15, 0.2) is 0 Å². The molecule has 4 fully saturated rings. The number of nitrogens with one attached hydrogen (secondary N) is 4. The lowest BCUT2D eigenvalue weighted by Crippen LogP contribution is -2.65. The molecule has 0 aromatic rings. The van der Waals surface area contributed by atoms with Crippen molar-refractivity contribution in [3.8, 4) is 0 Å². The summed E-state index contributed by atoms with van der Waals surface area (Å²) < 4.78 is 22.7. The average molecular weight is 1380 g/mol. The molecule has 4 amide bonds. The lowest BCUT2D eigenvalue weighted by atomic mass is 9.87. The number of amides is 4. The Labute approximate surface area is 574 Å². The summed E-state index contributed by atoms with van der Waals surface area (Å²) in [6.45, 7) is 19.1. The SMILES string of the molecule is CC(C)[C@@H]1OC(CO)[C@@H](O)[C@H](O)C1NC(=O)CCCCCCCN.CC(C)[C@@H]1OC(CO)[C@@H](O)[C@H](O)C1NC(=O)CCCCCCCO.CCCCCCCC(=O)NC1[C@H](C(C)C)OC(CO)[C@@H](O)[C@@H]1O.CCCCCCCCCC(=O)NC1[C@H](C(C)C)OC(CO)[C@@H](O)[C@@H]1O. The number of rotatable bonds is 40. The molecule has 4 saturated heterocycles. The second-order valence-electron chi connectivity index (χ2n) is 28.1. The van der Waals surface area contributed by atoms with Crippen LogP contribution in [0.2, 0.25) is 0 Å². The lowest BCUT2D eigenvalue weighted by molar-refractivity contribution is -0.204. The first-order valence-corrected chi connectivity index (χ1v) is 36.7. The number of ether oxygens (including phenoxy) is 4. The Hall–Kier alpha value is -2.84. The summed E-state index contributed by atoms with van der Waals surface area (Å²) in [5.41, 5.74) is 5.44. The molecule has 0 bridgehead atoms. The van der Waals surface area contributed by atoms with Crippen LogP contribution in [0, 0.1) is 23.7 Å². The minimum Gasteiger partial charge on any atom is -0.396 e. The van der Waals surface area contributed by atoms with Gasteiger partial charge in [0.1, 0.15) is 73.2 Å². The first kappa shape index (κ1) is 91.2. The number of hydrogen-bond donors (Lipinski definition) is 18. The predicted molar refractivity (Wildman–Crippen MR) is 366 cm³/mol. The Balaban J connectivity index is 0.000000640. The van der Waals surface area contributed by atoms with Gasteiger partial charge in [0.05, 0.1) is 75.0 Å². The van der Waals surface area contributed by atoms with E-state index >= 15 is 0 Å². The van der Waals surface area contributed by atoms with Crippen LogP contribution in [0.1, 0.15) is 236 Å². The lowest BCUT2D eigenvalue weighted by Gasteiger charge is -2.44. The molecule has 4 aliphatic heterocycles. The Morgan fingerprint density at radius 1 is 0.312 bits per heavy atom. The van der Waals surface area contributed by atoms with Crippen LogP contribution >= 0.6 is 0 Å². The zero-order valence-electron chi connectivity index (χ0n) is 60.1. The topological polar surface area (TPSA) is 442 Å². The fraction of sp³-hybridized carbons (Fsp3) is 0.943. The number of carbonyl (C=O) groups is 4. The van der Waals surface area contributed by atoms with Crippen LogP contribution < -0.4 is 27.0 Å². The normalized spacial score (nSPS) is 30.5. The number of nitrogens with two attached hydrogens (primary N) is 1. The molecule has 0 aromatic heterocycles. The molecule has 4 aliphatic rings. The molecule has 0 spiro atoms. The summed E-state index contributed by atoms with van der Waals surface area (Å²) in [5.74, 6) is -0.448. The maximum Gasteiger partial charge on any atom is 0.220 e. The van der Waals surface area contributed by atoms with E-state index in [1.54, 1.807) is 0 Å². The fourth-order valence-electron chi connectivity index (χ4n) is 12.6. The molecule has 0 saturated carbocycles. The Bertz CT molecular complexity index is 1940. The highest BCUT2D eigenvalue weighted by molar-refractivity contribution is 5.77. The first-order chi connectivity index (χ1) is 45.7.